The van der Waals surface area contributed by atoms with E-state index in [-0.39, 0.29) is 4.90 Å². The van der Waals surface area contributed by atoms with Gasteiger partial charge in [-0.3, -0.25) is 4.21 Å². The van der Waals surface area contributed by atoms with E-state index in [1.54, 1.807) is 18.2 Å². The lowest BCUT2D eigenvalue weighted by Gasteiger charge is -2.26. The van der Waals surface area contributed by atoms with Crippen LogP contribution in [0.3, 0.4) is 0 Å². The van der Waals surface area contributed by atoms with Crippen molar-refractivity contribution in [2.45, 2.75) is 23.3 Å². The first-order chi connectivity index (χ1) is 12.4. The lowest BCUT2D eigenvalue weighted by molar-refractivity contribution is 0.0730. The maximum absolute atomic E-state index is 12.7. The Bertz CT molecular complexity index is 873. The van der Waals surface area contributed by atoms with E-state index in [4.69, 9.17) is 4.74 Å². The molecule has 1 saturated heterocycles. The molecule has 0 unspecified atom stereocenters. The Hall–Kier alpha value is -1.54. The third-order valence-corrected chi connectivity index (χ3v) is 7.49. The highest BCUT2D eigenvalue weighted by atomic mass is 32.2. The van der Waals surface area contributed by atoms with Crippen LogP contribution in [0, 0.1) is 6.92 Å². The lowest BCUT2D eigenvalue weighted by Crippen LogP contribution is -2.40. The predicted octanol–water partition coefficient (Wildman–Crippen LogP) is 2.46. The third kappa shape index (κ3) is 4.79. The van der Waals surface area contributed by atoms with E-state index in [0.29, 0.717) is 37.8 Å². The van der Waals surface area contributed by atoms with Gasteiger partial charge < -0.3 is 4.74 Å². The van der Waals surface area contributed by atoms with E-state index >= 15 is 0 Å². The Morgan fingerprint density at radius 3 is 2.35 bits per heavy atom. The van der Waals surface area contributed by atoms with Crippen molar-refractivity contribution in [3.8, 4) is 0 Å². The molecular weight excluding hydrogens is 370 g/mol. The van der Waals surface area contributed by atoms with Crippen LogP contribution in [0.2, 0.25) is 0 Å². The molecule has 3 rings (SSSR count). The number of benzene rings is 2. The van der Waals surface area contributed by atoms with E-state index in [1.807, 2.05) is 37.3 Å². The summed E-state index contributed by atoms with van der Waals surface area (Å²) < 4.78 is 44.6. The highest BCUT2D eigenvalue weighted by Gasteiger charge is 2.26. The Morgan fingerprint density at radius 2 is 1.65 bits per heavy atom. The van der Waals surface area contributed by atoms with Gasteiger partial charge in [0, 0.05) is 35.4 Å². The average Bonchev–Trinajstić information content (AvgIpc) is 2.64. The first-order valence-electron chi connectivity index (χ1n) is 8.52. The normalized spacial score (nSPS) is 17.1. The van der Waals surface area contributed by atoms with Crippen LogP contribution in [0.1, 0.15) is 16.7 Å². The molecular formula is C19H23NO4S2. The summed E-state index contributed by atoms with van der Waals surface area (Å²) in [7, 11) is -4.63. The summed E-state index contributed by atoms with van der Waals surface area (Å²) in [4.78, 5) is 0.254. The highest BCUT2D eigenvalue weighted by Crippen LogP contribution is 2.19. The van der Waals surface area contributed by atoms with Crippen molar-refractivity contribution < 1.29 is 17.4 Å². The van der Waals surface area contributed by atoms with Crippen LogP contribution in [-0.2, 0) is 37.1 Å². The summed E-state index contributed by atoms with van der Waals surface area (Å²) in [5, 5.41) is 0. The molecule has 1 aliphatic heterocycles. The molecule has 1 atom stereocenters. The largest absolute Gasteiger partial charge is 0.379 e. The summed E-state index contributed by atoms with van der Waals surface area (Å²) in [5.74, 6) is 0.793. The number of hydrogen-bond acceptors (Lipinski definition) is 4. The van der Waals surface area contributed by atoms with Crippen LogP contribution in [0.25, 0.3) is 0 Å². The number of ether oxygens (including phenoxy) is 1. The monoisotopic (exact) mass is 393 g/mol. The fourth-order valence-corrected chi connectivity index (χ4v) is 5.54. The third-order valence-electron chi connectivity index (χ3n) is 4.28. The highest BCUT2D eigenvalue weighted by molar-refractivity contribution is 7.89. The Morgan fingerprint density at radius 1 is 1.00 bits per heavy atom. The molecule has 0 bridgehead atoms. The fraction of sp³-hybridized carbons (Fsp3) is 0.368. The van der Waals surface area contributed by atoms with Crippen molar-refractivity contribution in [3.63, 3.8) is 0 Å². The van der Waals surface area contributed by atoms with Gasteiger partial charge in [0.15, 0.2) is 0 Å². The van der Waals surface area contributed by atoms with Crippen molar-refractivity contribution in [2.24, 2.45) is 0 Å². The van der Waals surface area contributed by atoms with Gasteiger partial charge in [0.2, 0.25) is 10.0 Å². The van der Waals surface area contributed by atoms with Gasteiger partial charge in [0.05, 0.1) is 18.1 Å². The molecule has 140 valence electrons. The number of rotatable bonds is 6. The molecule has 0 aromatic heterocycles. The molecule has 0 radical (unpaired) electrons. The summed E-state index contributed by atoms with van der Waals surface area (Å²) in [6, 6.07) is 14.7. The van der Waals surface area contributed by atoms with Crippen molar-refractivity contribution >= 4 is 20.8 Å². The molecule has 0 aliphatic carbocycles. The van der Waals surface area contributed by atoms with E-state index in [0.717, 1.165) is 11.1 Å². The molecule has 1 aliphatic rings. The summed E-state index contributed by atoms with van der Waals surface area (Å²) in [5.41, 5.74) is 2.95. The minimum absolute atomic E-state index is 0.254. The molecule has 2 aromatic carbocycles. The Labute approximate surface area is 157 Å². The standard InChI is InChI=1S/C19H23NO4S2/c1-16-5-7-17(8-6-16)14-25(21)15-18-3-2-4-19(13-18)26(22,23)20-9-11-24-12-10-20/h2-8,13H,9-12,14-15H2,1H3/t25-/m0/s1. The minimum Gasteiger partial charge on any atom is -0.379 e. The molecule has 0 amide bonds. The number of hydrogen-bond donors (Lipinski definition) is 0. The molecule has 26 heavy (non-hydrogen) atoms. The van der Waals surface area contributed by atoms with E-state index in [2.05, 4.69) is 0 Å². The van der Waals surface area contributed by atoms with Gasteiger partial charge in [-0.2, -0.15) is 4.31 Å². The Balaban J connectivity index is 1.70. The van der Waals surface area contributed by atoms with Crippen LogP contribution in [0.4, 0.5) is 0 Å². The molecule has 7 heteroatoms. The van der Waals surface area contributed by atoms with Crippen molar-refractivity contribution in [1.82, 2.24) is 4.31 Å². The topological polar surface area (TPSA) is 63.7 Å². The van der Waals surface area contributed by atoms with Crippen LogP contribution >= 0.6 is 0 Å². The van der Waals surface area contributed by atoms with E-state index in [1.165, 1.54) is 9.87 Å². The zero-order valence-corrected chi connectivity index (χ0v) is 16.4. The van der Waals surface area contributed by atoms with Crippen LogP contribution < -0.4 is 0 Å². The van der Waals surface area contributed by atoms with Crippen molar-refractivity contribution in [1.29, 1.82) is 0 Å². The van der Waals surface area contributed by atoms with Gasteiger partial charge in [-0.15, -0.1) is 0 Å². The second-order valence-corrected chi connectivity index (χ2v) is 9.77. The zero-order chi connectivity index (χ0) is 18.6. The molecule has 1 heterocycles. The fourth-order valence-electron chi connectivity index (χ4n) is 2.84. The van der Waals surface area contributed by atoms with Gasteiger partial charge in [0.1, 0.15) is 0 Å². The number of nitrogens with zero attached hydrogens (tertiary/aromatic N) is 1. The van der Waals surface area contributed by atoms with Crippen molar-refractivity contribution in [2.75, 3.05) is 26.3 Å². The number of aryl methyl sites for hydroxylation is 1. The smallest absolute Gasteiger partial charge is 0.243 e. The number of sulfonamides is 1. The van der Waals surface area contributed by atoms with E-state index in [9.17, 15) is 12.6 Å². The molecule has 0 spiro atoms. The van der Waals surface area contributed by atoms with Crippen LogP contribution in [-0.4, -0.2) is 43.2 Å². The minimum atomic E-state index is -3.53. The number of morpholine rings is 1. The van der Waals surface area contributed by atoms with Crippen LogP contribution in [0.5, 0.6) is 0 Å². The van der Waals surface area contributed by atoms with Gasteiger partial charge in [-0.25, -0.2) is 8.42 Å². The van der Waals surface area contributed by atoms with Gasteiger partial charge >= 0.3 is 0 Å². The Kier molecular flexibility index (Phi) is 6.24. The molecule has 0 saturated carbocycles. The quantitative estimate of drug-likeness (QED) is 0.756. The first-order valence-corrected chi connectivity index (χ1v) is 11.5. The first kappa shape index (κ1) is 19.2. The zero-order valence-electron chi connectivity index (χ0n) is 14.8. The molecule has 0 N–H and O–H groups in total. The summed E-state index contributed by atoms with van der Waals surface area (Å²) in [6.07, 6.45) is 0. The van der Waals surface area contributed by atoms with Gasteiger partial charge in [0.25, 0.3) is 0 Å². The maximum Gasteiger partial charge on any atom is 0.243 e. The second kappa shape index (κ2) is 8.43. The molecule has 5 nitrogen and oxygen atoms in total. The average molecular weight is 394 g/mol. The lowest BCUT2D eigenvalue weighted by atomic mass is 10.2. The van der Waals surface area contributed by atoms with E-state index < -0.39 is 20.8 Å². The molecule has 2 aromatic rings. The maximum atomic E-state index is 12.7. The van der Waals surface area contributed by atoms with Crippen LogP contribution in [0.15, 0.2) is 53.4 Å². The second-order valence-electron chi connectivity index (χ2n) is 6.38. The predicted molar refractivity (Wildman–Crippen MR) is 103 cm³/mol. The SMILES string of the molecule is Cc1ccc(C[S@](=O)Cc2cccc(S(=O)(=O)N3CCOCC3)c2)cc1. The summed E-state index contributed by atoms with van der Waals surface area (Å²) >= 11 is 0. The van der Waals surface area contributed by atoms with Gasteiger partial charge in [-0.1, -0.05) is 42.0 Å². The summed E-state index contributed by atoms with van der Waals surface area (Å²) in [6.45, 7) is 3.58. The molecule has 1 fully saturated rings. The van der Waals surface area contributed by atoms with Gasteiger partial charge in [-0.05, 0) is 30.2 Å². The van der Waals surface area contributed by atoms with Crippen molar-refractivity contribution in [3.05, 3.63) is 65.2 Å².